The zero-order valence-electron chi connectivity index (χ0n) is 24.1. The van der Waals surface area contributed by atoms with Crippen molar-refractivity contribution in [2.24, 2.45) is 0 Å². The molecule has 0 saturated carbocycles. The maximum atomic E-state index is 13.1. The van der Waals surface area contributed by atoms with Crippen molar-refractivity contribution in [3.63, 3.8) is 0 Å². The number of nitrogens with zero attached hydrogens (tertiary/aromatic N) is 3. The number of hydrogen-bond donors (Lipinski definition) is 2. The number of nitrogens with one attached hydrogen (secondary N) is 2. The van der Waals surface area contributed by atoms with Gasteiger partial charge in [0.15, 0.2) is 17.6 Å². The van der Waals surface area contributed by atoms with Crippen LogP contribution >= 0.6 is 34.7 Å². The van der Waals surface area contributed by atoms with Gasteiger partial charge in [-0.2, -0.15) is 0 Å². The van der Waals surface area contributed by atoms with Gasteiger partial charge in [-0.3, -0.25) is 9.59 Å². The van der Waals surface area contributed by atoms with Gasteiger partial charge in [0.05, 0.1) is 31.0 Å². The van der Waals surface area contributed by atoms with Crippen LogP contribution in [0.15, 0.2) is 59.8 Å². The predicted octanol–water partition coefficient (Wildman–Crippen LogP) is 5.52. The quantitative estimate of drug-likeness (QED) is 0.143. The molecular formula is C31H32ClN5O5S2. The number of carbonyl (C=O) groups excluding carboxylic acids is 3. The summed E-state index contributed by atoms with van der Waals surface area (Å²) in [4.78, 5) is 39.5. The smallest absolute Gasteiger partial charge is 0.341 e. The molecule has 0 aliphatic heterocycles. The Morgan fingerprint density at radius 1 is 1.02 bits per heavy atom. The second-order valence-corrected chi connectivity index (χ2v) is 12.4. The number of thioether (sulfide) groups is 1. The molecule has 1 aliphatic rings. The van der Waals surface area contributed by atoms with Gasteiger partial charge in [-0.1, -0.05) is 53.7 Å². The number of ether oxygens (including phenoxy) is 2. The largest absolute Gasteiger partial charge is 0.484 e. The summed E-state index contributed by atoms with van der Waals surface area (Å²) in [6.07, 6.45) is 3.77. The van der Waals surface area contributed by atoms with Crippen LogP contribution in [0.1, 0.15) is 52.0 Å². The Kier molecular flexibility index (Phi) is 10.9. The van der Waals surface area contributed by atoms with Crippen LogP contribution in [0.5, 0.6) is 5.75 Å². The SMILES string of the molecule is CCOC(=O)c1c(NC(=O)CSc2nnc(CNC(=O)COc3ccc(Cl)cc3)n2Cc2ccccc2)sc2c1CCCC2. The number of hydrogen-bond acceptors (Lipinski definition) is 9. The molecule has 0 fully saturated rings. The molecule has 0 saturated heterocycles. The van der Waals surface area contributed by atoms with Crippen molar-refractivity contribution >= 4 is 57.5 Å². The maximum absolute atomic E-state index is 13.1. The minimum atomic E-state index is -0.400. The molecule has 2 amide bonds. The van der Waals surface area contributed by atoms with Gasteiger partial charge >= 0.3 is 5.97 Å². The number of thiophene rings is 1. The van der Waals surface area contributed by atoms with Gasteiger partial charge < -0.3 is 24.7 Å². The van der Waals surface area contributed by atoms with E-state index in [0.717, 1.165) is 41.7 Å². The summed E-state index contributed by atoms with van der Waals surface area (Å²) in [5.41, 5.74) is 2.49. The third-order valence-electron chi connectivity index (χ3n) is 6.84. The molecule has 2 N–H and O–H groups in total. The van der Waals surface area contributed by atoms with Crippen LogP contribution < -0.4 is 15.4 Å². The first kappa shape index (κ1) is 31.6. The van der Waals surface area contributed by atoms with Crippen LogP contribution in [0.4, 0.5) is 5.00 Å². The zero-order valence-corrected chi connectivity index (χ0v) is 26.5. The van der Waals surface area contributed by atoms with E-state index < -0.39 is 5.97 Å². The summed E-state index contributed by atoms with van der Waals surface area (Å²) >= 11 is 8.59. The van der Waals surface area contributed by atoms with Crippen LogP contribution in [-0.2, 0) is 40.3 Å². The zero-order chi connectivity index (χ0) is 30.9. The number of anilines is 1. The molecule has 2 aromatic carbocycles. The molecule has 230 valence electrons. The number of aromatic nitrogens is 3. The van der Waals surface area contributed by atoms with E-state index in [1.165, 1.54) is 23.1 Å². The van der Waals surface area contributed by atoms with E-state index in [-0.39, 0.29) is 37.3 Å². The molecule has 0 spiro atoms. The van der Waals surface area contributed by atoms with Gasteiger partial charge in [-0.25, -0.2) is 4.79 Å². The lowest BCUT2D eigenvalue weighted by atomic mass is 9.95. The average molecular weight is 654 g/mol. The molecule has 4 aromatic rings. The van der Waals surface area contributed by atoms with Crippen LogP contribution in [0.3, 0.4) is 0 Å². The lowest BCUT2D eigenvalue weighted by Gasteiger charge is -2.12. The number of halogens is 1. The molecule has 2 aromatic heterocycles. The second kappa shape index (κ2) is 15.2. The number of aryl methyl sites for hydroxylation is 1. The topological polar surface area (TPSA) is 124 Å². The van der Waals surface area contributed by atoms with Crippen molar-refractivity contribution in [2.45, 2.75) is 50.9 Å². The molecule has 0 atom stereocenters. The highest BCUT2D eigenvalue weighted by Crippen LogP contribution is 2.38. The highest BCUT2D eigenvalue weighted by molar-refractivity contribution is 7.99. The van der Waals surface area contributed by atoms with E-state index in [9.17, 15) is 14.4 Å². The van der Waals surface area contributed by atoms with Crippen molar-refractivity contribution < 1.29 is 23.9 Å². The molecule has 5 rings (SSSR count). The number of rotatable bonds is 13. The minimum absolute atomic E-state index is 0.0546. The predicted molar refractivity (Wildman–Crippen MR) is 171 cm³/mol. The Morgan fingerprint density at radius 3 is 2.57 bits per heavy atom. The summed E-state index contributed by atoms with van der Waals surface area (Å²) in [5, 5.41) is 16.0. The van der Waals surface area contributed by atoms with E-state index in [4.69, 9.17) is 21.1 Å². The second-order valence-electron chi connectivity index (χ2n) is 9.96. The van der Waals surface area contributed by atoms with E-state index >= 15 is 0 Å². The number of fused-ring (bicyclic) bond motifs is 1. The third-order valence-corrected chi connectivity index (χ3v) is 9.27. The van der Waals surface area contributed by atoms with Crippen LogP contribution in [-0.4, -0.2) is 51.5 Å². The lowest BCUT2D eigenvalue weighted by molar-refractivity contribution is -0.123. The summed E-state index contributed by atoms with van der Waals surface area (Å²) < 4.78 is 12.7. The van der Waals surface area contributed by atoms with Gasteiger partial charge in [0.25, 0.3) is 5.91 Å². The van der Waals surface area contributed by atoms with Crippen LogP contribution in [0, 0.1) is 0 Å². The fraction of sp³-hybridized carbons (Fsp3) is 0.323. The third kappa shape index (κ3) is 8.19. The Hall–Kier alpha value is -3.87. The van der Waals surface area contributed by atoms with Crippen molar-refractivity contribution in [1.82, 2.24) is 20.1 Å². The van der Waals surface area contributed by atoms with Gasteiger partial charge in [0.2, 0.25) is 5.91 Å². The van der Waals surface area contributed by atoms with Gasteiger partial charge in [0.1, 0.15) is 10.8 Å². The normalized spacial score (nSPS) is 12.3. The summed E-state index contributed by atoms with van der Waals surface area (Å²) in [6, 6.07) is 16.5. The summed E-state index contributed by atoms with van der Waals surface area (Å²) in [5.74, 6) is 0.140. The molecule has 0 unspecified atom stereocenters. The Balaban J connectivity index is 1.24. The highest BCUT2D eigenvalue weighted by Gasteiger charge is 2.27. The Bertz CT molecular complexity index is 1610. The summed E-state index contributed by atoms with van der Waals surface area (Å²) in [6.45, 7) is 2.44. The molecule has 1 aliphatic carbocycles. The molecular weight excluding hydrogens is 622 g/mol. The van der Waals surface area contributed by atoms with Crippen molar-refractivity contribution in [3.05, 3.63) is 87.0 Å². The van der Waals surface area contributed by atoms with Crippen molar-refractivity contribution in [1.29, 1.82) is 0 Å². The van der Waals surface area contributed by atoms with Gasteiger partial charge in [-0.05, 0) is 68.0 Å². The fourth-order valence-corrected chi connectivity index (χ4v) is 6.93. The number of amides is 2. The molecule has 2 heterocycles. The van der Waals surface area contributed by atoms with E-state index in [0.29, 0.717) is 38.9 Å². The van der Waals surface area contributed by atoms with E-state index in [1.54, 1.807) is 31.2 Å². The molecule has 44 heavy (non-hydrogen) atoms. The highest BCUT2D eigenvalue weighted by atomic mass is 35.5. The van der Waals surface area contributed by atoms with Gasteiger partial charge in [0, 0.05) is 9.90 Å². The first-order valence-electron chi connectivity index (χ1n) is 14.3. The minimum Gasteiger partial charge on any atom is -0.484 e. The number of esters is 1. The van der Waals surface area contributed by atoms with Crippen LogP contribution in [0.25, 0.3) is 0 Å². The van der Waals surface area contributed by atoms with Gasteiger partial charge in [-0.15, -0.1) is 21.5 Å². The number of benzene rings is 2. The Labute approximate surface area is 268 Å². The van der Waals surface area contributed by atoms with E-state index in [2.05, 4.69) is 20.8 Å². The van der Waals surface area contributed by atoms with Crippen LogP contribution in [0.2, 0.25) is 5.02 Å². The fourth-order valence-electron chi connectivity index (χ4n) is 4.76. The number of carbonyl (C=O) groups is 3. The lowest BCUT2D eigenvalue weighted by Crippen LogP contribution is -2.29. The maximum Gasteiger partial charge on any atom is 0.341 e. The average Bonchev–Trinajstić information content (AvgIpc) is 3.59. The van der Waals surface area contributed by atoms with Crippen molar-refractivity contribution in [2.75, 3.05) is 24.3 Å². The molecule has 10 nitrogen and oxygen atoms in total. The first-order valence-corrected chi connectivity index (χ1v) is 16.4. The van der Waals surface area contributed by atoms with E-state index in [1.807, 2.05) is 34.9 Å². The Morgan fingerprint density at radius 2 is 1.80 bits per heavy atom. The molecule has 0 radical (unpaired) electrons. The summed E-state index contributed by atoms with van der Waals surface area (Å²) in [7, 11) is 0. The first-order chi connectivity index (χ1) is 21.4. The standard InChI is InChI=1S/C31H32ClN5O5S2/c1-2-41-30(40)28-23-10-6-7-11-24(23)44-29(28)34-27(39)19-43-31-36-35-25(37(31)17-20-8-4-3-5-9-20)16-33-26(38)18-42-22-14-12-21(32)13-15-22/h3-5,8-9,12-15H,2,6-7,10-11,16-19H2,1H3,(H,33,38)(H,34,39). The molecule has 13 heteroatoms. The molecule has 0 bridgehead atoms. The monoisotopic (exact) mass is 653 g/mol. The van der Waals surface area contributed by atoms with Crippen molar-refractivity contribution in [3.8, 4) is 5.75 Å².